The van der Waals surface area contributed by atoms with Gasteiger partial charge in [0.15, 0.2) is 0 Å². The van der Waals surface area contributed by atoms with Crippen LogP contribution in [0.25, 0.3) is 0 Å². The third kappa shape index (κ3) is 4.05. The van der Waals surface area contributed by atoms with Gasteiger partial charge in [-0.15, -0.1) is 0 Å². The molecular formula is C7H10FNO2S. The maximum absolute atomic E-state index is 10.6. The second-order valence-corrected chi connectivity index (χ2v) is 3.91. The van der Waals surface area contributed by atoms with Crippen LogP contribution < -0.4 is 5.14 Å². The minimum atomic E-state index is -3.38. The lowest BCUT2D eigenvalue weighted by molar-refractivity contribution is 0.597. The summed E-state index contributed by atoms with van der Waals surface area (Å²) in [5, 5.41) is 4.84. The highest BCUT2D eigenvalue weighted by Gasteiger charge is 2.02. The summed E-state index contributed by atoms with van der Waals surface area (Å²) in [7, 11) is -3.38. The maximum atomic E-state index is 10.6. The van der Waals surface area contributed by atoms with E-state index in [9.17, 15) is 8.42 Å². The molecule has 0 aromatic heterocycles. The third-order valence-electron chi connectivity index (χ3n) is 1.21. The van der Waals surface area contributed by atoms with Crippen molar-refractivity contribution in [2.24, 2.45) is 5.14 Å². The maximum Gasteiger partial charge on any atom is 0.213 e. The minimum absolute atomic E-state index is 0. The van der Waals surface area contributed by atoms with E-state index in [2.05, 4.69) is 0 Å². The van der Waals surface area contributed by atoms with E-state index in [1.807, 2.05) is 6.07 Å². The number of sulfonamides is 1. The van der Waals surface area contributed by atoms with Gasteiger partial charge in [-0.05, 0) is 5.56 Å². The zero-order valence-electron chi connectivity index (χ0n) is 6.30. The zero-order valence-corrected chi connectivity index (χ0v) is 7.12. The molecule has 0 amide bonds. The van der Waals surface area contributed by atoms with Crippen molar-refractivity contribution in [1.82, 2.24) is 0 Å². The average molecular weight is 191 g/mol. The fraction of sp³-hybridized carbons (Fsp3) is 0.143. The van der Waals surface area contributed by atoms with Crippen molar-refractivity contribution < 1.29 is 13.1 Å². The Balaban J connectivity index is 0.00000121. The Morgan fingerprint density at radius 3 is 2.08 bits per heavy atom. The first-order chi connectivity index (χ1) is 5.08. The molecule has 0 unspecified atom stereocenters. The van der Waals surface area contributed by atoms with E-state index in [1.165, 1.54) is 0 Å². The smallest absolute Gasteiger partial charge is 0.213 e. The Morgan fingerprint density at radius 1 is 1.17 bits per heavy atom. The minimum Gasteiger partial charge on any atom is -0.269 e. The molecule has 0 heterocycles. The highest BCUT2D eigenvalue weighted by molar-refractivity contribution is 7.88. The van der Waals surface area contributed by atoms with E-state index in [4.69, 9.17) is 5.14 Å². The molecule has 68 valence electrons. The summed E-state index contributed by atoms with van der Waals surface area (Å²) in [5.74, 6) is -0.0894. The van der Waals surface area contributed by atoms with Crippen molar-refractivity contribution in [3.8, 4) is 0 Å². The fourth-order valence-corrected chi connectivity index (χ4v) is 1.46. The second-order valence-electron chi connectivity index (χ2n) is 2.29. The lowest BCUT2D eigenvalue weighted by atomic mass is 10.2. The van der Waals surface area contributed by atoms with Crippen molar-refractivity contribution in [2.75, 3.05) is 0 Å². The summed E-state index contributed by atoms with van der Waals surface area (Å²) in [5.41, 5.74) is 0.718. The van der Waals surface area contributed by atoms with Crippen LogP contribution in [0.1, 0.15) is 5.56 Å². The first-order valence-electron chi connectivity index (χ1n) is 3.12. The normalized spacial score (nSPS) is 10.4. The molecule has 2 N–H and O–H groups in total. The summed E-state index contributed by atoms with van der Waals surface area (Å²) >= 11 is 0. The average Bonchev–Trinajstić information content (AvgIpc) is 1.85. The molecule has 0 saturated carbocycles. The van der Waals surface area contributed by atoms with Crippen molar-refractivity contribution in [3.63, 3.8) is 0 Å². The molecule has 3 nitrogen and oxygen atoms in total. The van der Waals surface area contributed by atoms with Crippen LogP contribution in [0.3, 0.4) is 0 Å². The van der Waals surface area contributed by atoms with Gasteiger partial charge in [0.25, 0.3) is 0 Å². The second kappa shape index (κ2) is 4.18. The highest BCUT2D eigenvalue weighted by Crippen LogP contribution is 2.01. The summed E-state index contributed by atoms with van der Waals surface area (Å²) in [6, 6.07) is 8.84. The molecule has 0 atom stereocenters. The van der Waals surface area contributed by atoms with Crippen LogP contribution in [-0.4, -0.2) is 8.42 Å². The van der Waals surface area contributed by atoms with Gasteiger partial charge < -0.3 is 0 Å². The predicted octanol–water partition coefficient (Wildman–Crippen LogP) is 0.628. The van der Waals surface area contributed by atoms with Crippen LogP contribution in [0, 0.1) is 0 Å². The SMILES string of the molecule is F.NS(=O)(=O)Cc1ccccc1. The number of hydrogen-bond donors (Lipinski definition) is 1. The van der Waals surface area contributed by atoms with Gasteiger partial charge >= 0.3 is 0 Å². The van der Waals surface area contributed by atoms with Crippen LogP contribution in [0.4, 0.5) is 4.70 Å². The standard InChI is InChI=1S/C7H9NO2S.FH/c8-11(9,10)6-7-4-2-1-3-5-7;/h1-5H,6H2,(H2,8,9,10);1H. The number of benzene rings is 1. The third-order valence-corrected chi connectivity index (χ3v) is 1.95. The molecule has 5 heteroatoms. The number of hydrogen-bond acceptors (Lipinski definition) is 2. The molecular weight excluding hydrogens is 181 g/mol. The summed E-state index contributed by atoms with van der Waals surface area (Å²) in [6.07, 6.45) is 0. The summed E-state index contributed by atoms with van der Waals surface area (Å²) in [6.45, 7) is 0. The Hall–Kier alpha value is -0.940. The molecule has 12 heavy (non-hydrogen) atoms. The van der Waals surface area contributed by atoms with Gasteiger partial charge in [-0.1, -0.05) is 30.3 Å². The van der Waals surface area contributed by atoms with Crippen molar-refractivity contribution in [3.05, 3.63) is 35.9 Å². The first-order valence-corrected chi connectivity index (χ1v) is 4.84. The van der Waals surface area contributed by atoms with Crippen molar-refractivity contribution in [2.45, 2.75) is 5.75 Å². The Morgan fingerprint density at radius 2 is 1.67 bits per heavy atom. The van der Waals surface area contributed by atoms with Crippen LogP contribution >= 0.6 is 0 Å². The zero-order chi connectivity index (χ0) is 8.32. The van der Waals surface area contributed by atoms with Gasteiger partial charge in [0.05, 0.1) is 5.75 Å². The molecule has 1 aromatic rings. The van der Waals surface area contributed by atoms with E-state index < -0.39 is 10.0 Å². The van der Waals surface area contributed by atoms with Crippen LogP contribution in [0.15, 0.2) is 30.3 Å². The van der Waals surface area contributed by atoms with Gasteiger partial charge in [-0.2, -0.15) is 0 Å². The van der Waals surface area contributed by atoms with Gasteiger partial charge in [0.1, 0.15) is 0 Å². The van der Waals surface area contributed by atoms with Gasteiger partial charge in [-0.3, -0.25) is 4.70 Å². The molecule has 0 radical (unpaired) electrons. The molecule has 1 rings (SSSR count). The monoisotopic (exact) mass is 191 g/mol. The van der Waals surface area contributed by atoms with Crippen LogP contribution in [-0.2, 0) is 15.8 Å². The molecule has 0 aliphatic heterocycles. The largest absolute Gasteiger partial charge is 0.269 e. The summed E-state index contributed by atoms with van der Waals surface area (Å²) < 4.78 is 21.2. The summed E-state index contributed by atoms with van der Waals surface area (Å²) in [4.78, 5) is 0. The Labute approximate surface area is 70.6 Å². The fourth-order valence-electron chi connectivity index (χ4n) is 0.807. The predicted molar refractivity (Wildman–Crippen MR) is 45.8 cm³/mol. The quantitative estimate of drug-likeness (QED) is 0.745. The van der Waals surface area contributed by atoms with Gasteiger partial charge in [-0.25, -0.2) is 13.6 Å². The molecule has 0 spiro atoms. The number of primary sulfonamides is 1. The number of rotatable bonds is 2. The molecule has 0 aliphatic rings. The Bertz CT molecular complexity index is 323. The van der Waals surface area contributed by atoms with E-state index in [0.717, 1.165) is 5.56 Å². The van der Waals surface area contributed by atoms with E-state index in [0.29, 0.717) is 0 Å². The van der Waals surface area contributed by atoms with Crippen molar-refractivity contribution >= 4 is 10.0 Å². The van der Waals surface area contributed by atoms with E-state index in [1.54, 1.807) is 24.3 Å². The van der Waals surface area contributed by atoms with E-state index in [-0.39, 0.29) is 10.5 Å². The van der Waals surface area contributed by atoms with Gasteiger partial charge in [0, 0.05) is 0 Å². The molecule has 0 bridgehead atoms. The van der Waals surface area contributed by atoms with Gasteiger partial charge in [0.2, 0.25) is 10.0 Å². The first kappa shape index (κ1) is 11.1. The molecule has 0 saturated heterocycles. The van der Waals surface area contributed by atoms with Crippen LogP contribution in [0.2, 0.25) is 0 Å². The molecule has 0 fully saturated rings. The van der Waals surface area contributed by atoms with Crippen molar-refractivity contribution in [1.29, 1.82) is 0 Å². The lowest BCUT2D eigenvalue weighted by Gasteiger charge is -1.96. The lowest BCUT2D eigenvalue weighted by Crippen LogP contribution is -2.14. The number of halogens is 1. The Kier molecular flexibility index (Phi) is 3.85. The number of nitrogens with two attached hydrogens (primary N) is 1. The van der Waals surface area contributed by atoms with Crippen LogP contribution in [0.5, 0.6) is 0 Å². The van der Waals surface area contributed by atoms with E-state index >= 15 is 0 Å². The molecule has 1 aromatic carbocycles. The highest BCUT2D eigenvalue weighted by atomic mass is 32.2. The molecule has 0 aliphatic carbocycles. The topological polar surface area (TPSA) is 60.2 Å².